The number of nitrogens with zero attached hydrogens (tertiary/aromatic N) is 3. The van der Waals surface area contributed by atoms with Gasteiger partial charge in [0.25, 0.3) is 10.1 Å². The van der Waals surface area contributed by atoms with Gasteiger partial charge in [-0.15, -0.1) is 0 Å². The molecule has 0 saturated carbocycles. The third-order valence-electron chi connectivity index (χ3n) is 4.22. The summed E-state index contributed by atoms with van der Waals surface area (Å²) in [5.74, 6) is 0.719. The number of hydrogen-bond donors (Lipinski definition) is 0. The van der Waals surface area contributed by atoms with Gasteiger partial charge in [0.05, 0.1) is 26.1 Å². The molecule has 0 bridgehead atoms. The predicted octanol–water partition coefficient (Wildman–Crippen LogP) is 2.94. The Kier molecular flexibility index (Phi) is 4.12. The van der Waals surface area contributed by atoms with Crippen LogP contribution >= 0.6 is 0 Å². The fourth-order valence-electron chi connectivity index (χ4n) is 2.89. The summed E-state index contributed by atoms with van der Waals surface area (Å²) in [7, 11) is -1.05. The zero-order chi connectivity index (χ0) is 19.2. The predicted molar refractivity (Wildman–Crippen MR) is 99.1 cm³/mol. The molecule has 0 N–H and O–H groups in total. The SMILES string of the molecule is COc1cc(CS(=O)(=O)OC)c2cc(-c3cn4nc(C)ccc4n3)oc2c1. The molecule has 1 aromatic carbocycles. The quantitative estimate of drug-likeness (QED) is 0.486. The fraction of sp³-hybridized carbons (Fsp3) is 0.222. The molecule has 27 heavy (non-hydrogen) atoms. The van der Waals surface area contributed by atoms with Crippen molar-refractivity contribution < 1.29 is 21.8 Å². The topological polar surface area (TPSA) is 95.9 Å². The van der Waals surface area contributed by atoms with Crippen molar-refractivity contribution in [1.29, 1.82) is 0 Å². The van der Waals surface area contributed by atoms with Crippen molar-refractivity contribution in [3.8, 4) is 17.2 Å². The van der Waals surface area contributed by atoms with E-state index >= 15 is 0 Å². The van der Waals surface area contributed by atoms with Crippen molar-refractivity contribution >= 4 is 26.7 Å². The van der Waals surface area contributed by atoms with Crippen molar-refractivity contribution in [3.05, 3.63) is 47.8 Å². The minimum atomic E-state index is -3.70. The maximum atomic E-state index is 11.9. The molecule has 3 heterocycles. The zero-order valence-corrected chi connectivity index (χ0v) is 15.8. The number of imidazole rings is 1. The van der Waals surface area contributed by atoms with Crippen molar-refractivity contribution in [3.63, 3.8) is 0 Å². The average molecular weight is 387 g/mol. The normalized spacial score (nSPS) is 12.1. The molecule has 0 radical (unpaired) electrons. The number of aryl methyl sites for hydroxylation is 1. The van der Waals surface area contributed by atoms with Gasteiger partial charge in [0, 0.05) is 11.5 Å². The van der Waals surface area contributed by atoms with Gasteiger partial charge in [-0.25, -0.2) is 9.50 Å². The van der Waals surface area contributed by atoms with Crippen LogP contribution in [0.2, 0.25) is 0 Å². The standard InChI is InChI=1S/C18H17N3O5S/c1-11-4-5-18-19-15(9-21(18)20-11)17-8-14-12(10-27(22,23)25-3)6-13(24-2)7-16(14)26-17/h4-9H,10H2,1-3H3. The lowest BCUT2D eigenvalue weighted by molar-refractivity contribution is 0.396. The first kappa shape index (κ1) is 17.5. The van der Waals surface area contributed by atoms with Crippen molar-refractivity contribution in [1.82, 2.24) is 14.6 Å². The summed E-state index contributed by atoms with van der Waals surface area (Å²) >= 11 is 0. The van der Waals surface area contributed by atoms with Crippen LogP contribution in [0.3, 0.4) is 0 Å². The molecular formula is C18H17N3O5S. The molecule has 0 amide bonds. The van der Waals surface area contributed by atoms with E-state index in [2.05, 4.69) is 14.3 Å². The molecule has 0 saturated heterocycles. The molecule has 8 nitrogen and oxygen atoms in total. The molecule has 0 aliphatic rings. The van der Waals surface area contributed by atoms with E-state index in [1.807, 2.05) is 19.1 Å². The summed E-state index contributed by atoms with van der Waals surface area (Å²) in [4.78, 5) is 4.51. The van der Waals surface area contributed by atoms with Gasteiger partial charge in [-0.2, -0.15) is 13.5 Å². The van der Waals surface area contributed by atoms with Crippen LogP contribution in [0, 0.1) is 6.92 Å². The van der Waals surface area contributed by atoms with Gasteiger partial charge in [-0.3, -0.25) is 4.18 Å². The van der Waals surface area contributed by atoms with Gasteiger partial charge < -0.3 is 9.15 Å². The molecule has 0 atom stereocenters. The molecule has 4 rings (SSSR count). The van der Waals surface area contributed by atoms with Crippen LogP contribution in [-0.4, -0.2) is 37.2 Å². The summed E-state index contributed by atoms with van der Waals surface area (Å²) in [5.41, 5.74) is 3.19. The van der Waals surface area contributed by atoms with Crippen LogP contribution in [-0.2, 0) is 20.1 Å². The summed E-state index contributed by atoms with van der Waals surface area (Å²) in [5, 5.41) is 5.04. The smallest absolute Gasteiger partial charge is 0.271 e. The Morgan fingerprint density at radius 2 is 2.00 bits per heavy atom. The van der Waals surface area contributed by atoms with Crippen molar-refractivity contribution in [2.24, 2.45) is 0 Å². The van der Waals surface area contributed by atoms with E-state index in [9.17, 15) is 8.42 Å². The highest BCUT2D eigenvalue weighted by atomic mass is 32.2. The van der Waals surface area contributed by atoms with E-state index in [4.69, 9.17) is 9.15 Å². The maximum Gasteiger partial charge on any atom is 0.271 e. The second-order valence-corrected chi connectivity index (χ2v) is 7.82. The van der Waals surface area contributed by atoms with E-state index in [0.717, 1.165) is 12.8 Å². The molecule has 0 unspecified atom stereocenters. The number of fused-ring (bicyclic) bond motifs is 2. The van der Waals surface area contributed by atoms with Crippen LogP contribution in [0.5, 0.6) is 5.75 Å². The van der Waals surface area contributed by atoms with Gasteiger partial charge in [-0.05, 0) is 36.8 Å². The second-order valence-electron chi connectivity index (χ2n) is 6.08. The zero-order valence-electron chi connectivity index (χ0n) is 15.0. The third kappa shape index (κ3) is 3.26. The van der Waals surface area contributed by atoms with Gasteiger partial charge in [-0.1, -0.05) is 0 Å². The molecule has 0 aliphatic carbocycles. The minimum absolute atomic E-state index is 0.290. The lowest BCUT2D eigenvalue weighted by Gasteiger charge is -2.06. The third-order valence-corrected chi connectivity index (χ3v) is 5.40. The summed E-state index contributed by atoms with van der Waals surface area (Å²) < 4.78 is 41.3. The van der Waals surface area contributed by atoms with Gasteiger partial charge in [0.15, 0.2) is 11.4 Å². The molecule has 0 fully saturated rings. The number of ether oxygens (including phenoxy) is 1. The Morgan fingerprint density at radius 1 is 1.19 bits per heavy atom. The summed E-state index contributed by atoms with van der Waals surface area (Å²) in [6.07, 6.45) is 1.77. The molecule has 3 aromatic heterocycles. The Morgan fingerprint density at radius 3 is 2.74 bits per heavy atom. The van der Waals surface area contributed by atoms with Gasteiger partial charge >= 0.3 is 0 Å². The number of aromatic nitrogens is 3. The van der Waals surface area contributed by atoms with E-state index in [0.29, 0.717) is 39.4 Å². The summed E-state index contributed by atoms with van der Waals surface area (Å²) in [6.45, 7) is 1.90. The first-order valence-electron chi connectivity index (χ1n) is 8.11. The van der Waals surface area contributed by atoms with Gasteiger partial charge in [0.1, 0.15) is 22.8 Å². The maximum absolute atomic E-state index is 11.9. The Balaban J connectivity index is 1.87. The van der Waals surface area contributed by atoms with Crippen molar-refractivity contribution in [2.75, 3.05) is 14.2 Å². The molecule has 9 heteroatoms. The van der Waals surface area contributed by atoms with Gasteiger partial charge in [0.2, 0.25) is 0 Å². The Hall–Kier alpha value is -2.91. The monoisotopic (exact) mass is 387 g/mol. The Bertz CT molecular complexity index is 1260. The lowest BCUT2D eigenvalue weighted by Crippen LogP contribution is -2.06. The highest BCUT2D eigenvalue weighted by molar-refractivity contribution is 7.85. The van der Waals surface area contributed by atoms with Crippen LogP contribution in [0.4, 0.5) is 0 Å². The number of benzene rings is 1. The lowest BCUT2D eigenvalue weighted by atomic mass is 10.1. The van der Waals surface area contributed by atoms with Crippen LogP contribution in [0.25, 0.3) is 28.1 Å². The number of hydrogen-bond acceptors (Lipinski definition) is 7. The molecule has 140 valence electrons. The molecule has 0 spiro atoms. The van der Waals surface area contributed by atoms with E-state index in [1.54, 1.807) is 28.9 Å². The van der Waals surface area contributed by atoms with Crippen molar-refractivity contribution in [2.45, 2.75) is 12.7 Å². The second kappa shape index (κ2) is 6.36. The Labute approximate surface area is 155 Å². The molecule has 0 aliphatic heterocycles. The number of methoxy groups -OCH3 is 1. The largest absolute Gasteiger partial charge is 0.497 e. The highest BCUT2D eigenvalue weighted by Gasteiger charge is 2.19. The van der Waals surface area contributed by atoms with Crippen LogP contribution < -0.4 is 4.74 Å². The fourth-order valence-corrected chi connectivity index (χ4v) is 3.63. The molecule has 4 aromatic rings. The molecular weight excluding hydrogens is 370 g/mol. The van der Waals surface area contributed by atoms with E-state index < -0.39 is 10.1 Å². The van der Waals surface area contributed by atoms with Crippen LogP contribution in [0.1, 0.15) is 11.3 Å². The first-order valence-corrected chi connectivity index (χ1v) is 9.68. The summed E-state index contributed by atoms with van der Waals surface area (Å²) in [6, 6.07) is 8.88. The first-order chi connectivity index (χ1) is 12.9. The minimum Gasteiger partial charge on any atom is -0.497 e. The number of rotatable bonds is 5. The average Bonchev–Trinajstić information content (AvgIpc) is 3.24. The highest BCUT2D eigenvalue weighted by Crippen LogP contribution is 2.33. The number of furan rings is 1. The van der Waals surface area contributed by atoms with E-state index in [-0.39, 0.29) is 5.75 Å². The van der Waals surface area contributed by atoms with Crippen LogP contribution in [0.15, 0.2) is 40.9 Å². The van der Waals surface area contributed by atoms with E-state index in [1.165, 1.54) is 7.11 Å².